The molecular weight excluding hydrogens is 611 g/mol. The molecule has 0 heterocycles. The Labute approximate surface area is 277 Å². The topological polar surface area (TPSA) is 106 Å². The third-order valence-corrected chi connectivity index (χ3v) is 8.23. The zero-order valence-electron chi connectivity index (χ0n) is 25.8. The summed E-state index contributed by atoms with van der Waals surface area (Å²) in [5.74, 6) is -0.00844. The standard InChI is InChI=1S/C38H33N3O5S/c1-45-30-19-11-13-26(23-30)24-33(41-36(42)28-16-7-4-8-17-28)37(43)39-29-18-12-20-31(25-29)47-35(27-14-5-3-6-15-27)38(44)40-32-21-9-10-22-34(32)46-2/h3-25,35H,1-2H3,(H,39,43)(H,40,44)(H,41,42)/b33-24-. The van der Waals surface area contributed by atoms with E-state index in [2.05, 4.69) is 16.0 Å². The van der Waals surface area contributed by atoms with E-state index in [4.69, 9.17) is 9.47 Å². The maximum Gasteiger partial charge on any atom is 0.272 e. The molecule has 47 heavy (non-hydrogen) atoms. The monoisotopic (exact) mass is 643 g/mol. The molecule has 0 spiro atoms. The van der Waals surface area contributed by atoms with E-state index in [1.807, 2.05) is 60.7 Å². The summed E-state index contributed by atoms with van der Waals surface area (Å²) >= 11 is 1.34. The minimum atomic E-state index is -0.610. The molecule has 0 aliphatic rings. The molecule has 0 bridgehead atoms. The summed E-state index contributed by atoms with van der Waals surface area (Å²) in [6.45, 7) is 0. The van der Waals surface area contributed by atoms with Crippen molar-refractivity contribution in [2.24, 2.45) is 0 Å². The highest BCUT2D eigenvalue weighted by Gasteiger charge is 2.24. The first kappa shape index (κ1) is 32.6. The second-order valence-corrected chi connectivity index (χ2v) is 11.4. The van der Waals surface area contributed by atoms with Gasteiger partial charge >= 0.3 is 0 Å². The van der Waals surface area contributed by atoms with Crippen LogP contribution in [0.15, 0.2) is 144 Å². The van der Waals surface area contributed by atoms with Gasteiger partial charge in [0.25, 0.3) is 11.8 Å². The van der Waals surface area contributed by atoms with Gasteiger partial charge in [-0.25, -0.2) is 0 Å². The molecule has 0 saturated heterocycles. The maximum atomic E-state index is 13.7. The quantitative estimate of drug-likeness (QED) is 0.0956. The van der Waals surface area contributed by atoms with Crippen molar-refractivity contribution in [2.45, 2.75) is 10.1 Å². The molecule has 0 aliphatic heterocycles. The number of amides is 3. The molecule has 8 nitrogen and oxygen atoms in total. The first-order chi connectivity index (χ1) is 22.9. The van der Waals surface area contributed by atoms with Gasteiger partial charge in [-0.1, -0.05) is 78.9 Å². The van der Waals surface area contributed by atoms with Crippen LogP contribution >= 0.6 is 11.8 Å². The van der Waals surface area contributed by atoms with Gasteiger partial charge in [-0.15, -0.1) is 11.8 Å². The number of hydrogen-bond donors (Lipinski definition) is 3. The van der Waals surface area contributed by atoms with Crippen LogP contribution in [0.3, 0.4) is 0 Å². The predicted molar refractivity (Wildman–Crippen MR) is 187 cm³/mol. The fourth-order valence-corrected chi connectivity index (χ4v) is 5.75. The van der Waals surface area contributed by atoms with E-state index < -0.39 is 17.1 Å². The van der Waals surface area contributed by atoms with Gasteiger partial charge in [-0.3, -0.25) is 14.4 Å². The highest BCUT2D eigenvalue weighted by molar-refractivity contribution is 8.00. The van der Waals surface area contributed by atoms with E-state index in [-0.39, 0.29) is 11.6 Å². The SMILES string of the molecule is COc1cccc(/C=C(\NC(=O)c2ccccc2)C(=O)Nc2cccc(SC(C(=O)Nc3ccccc3OC)c3ccccc3)c2)c1. The Kier molecular flexibility index (Phi) is 11.1. The Balaban J connectivity index is 1.39. The second-order valence-electron chi connectivity index (χ2n) is 10.2. The van der Waals surface area contributed by atoms with Crippen molar-refractivity contribution >= 4 is 46.9 Å². The number of nitrogens with one attached hydrogen (secondary N) is 3. The van der Waals surface area contributed by atoms with Gasteiger partial charge in [-0.05, 0) is 71.8 Å². The number of hydrogen-bond acceptors (Lipinski definition) is 6. The maximum absolute atomic E-state index is 13.7. The van der Waals surface area contributed by atoms with Crippen molar-refractivity contribution in [3.05, 3.63) is 156 Å². The van der Waals surface area contributed by atoms with Crippen LogP contribution < -0.4 is 25.4 Å². The molecule has 5 rings (SSSR count). The van der Waals surface area contributed by atoms with E-state index in [9.17, 15) is 14.4 Å². The van der Waals surface area contributed by atoms with Crippen LogP contribution in [-0.2, 0) is 9.59 Å². The van der Waals surface area contributed by atoms with Crippen LogP contribution in [0, 0.1) is 0 Å². The minimum absolute atomic E-state index is 0.0449. The highest BCUT2D eigenvalue weighted by Crippen LogP contribution is 2.38. The summed E-state index contributed by atoms with van der Waals surface area (Å²) in [4.78, 5) is 41.1. The zero-order chi connectivity index (χ0) is 33.0. The zero-order valence-corrected chi connectivity index (χ0v) is 26.6. The number of para-hydroxylation sites is 2. The molecule has 9 heteroatoms. The van der Waals surface area contributed by atoms with Crippen molar-refractivity contribution in [1.29, 1.82) is 0 Å². The minimum Gasteiger partial charge on any atom is -0.497 e. The van der Waals surface area contributed by atoms with Crippen LogP contribution in [0.25, 0.3) is 6.08 Å². The lowest BCUT2D eigenvalue weighted by Crippen LogP contribution is -2.30. The van der Waals surface area contributed by atoms with Gasteiger partial charge in [0.15, 0.2) is 0 Å². The van der Waals surface area contributed by atoms with Gasteiger partial charge < -0.3 is 25.4 Å². The second kappa shape index (κ2) is 16.0. The third kappa shape index (κ3) is 8.90. The van der Waals surface area contributed by atoms with Crippen LogP contribution in [0.5, 0.6) is 11.5 Å². The summed E-state index contributed by atoms with van der Waals surface area (Å²) in [7, 11) is 3.11. The average molecular weight is 644 g/mol. The number of methoxy groups -OCH3 is 2. The van der Waals surface area contributed by atoms with Crippen LogP contribution in [0.1, 0.15) is 26.7 Å². The van der Waals surface area contributed by atoms with Crippen LogP contribution in [0.4, 0.5) is 11.4 Å². The number of ether oxygens (including phenoxy) is 2. The fraction of sp³-hybridized carbons (Fsp3) is 0.0789. The van der Waals surface area contributed by atoms with Crippen LogP contribution in [0.2, 0.25) is 0 Å². The molecule has 0 saturated carbocycles. The molecule has 1 atom stereocenters. The predicted octanol–water partition coefficient (Wildman–Crippen LogP) is 7.59. The lowest BCUT2D eigenvalue weighted by atomic mass is 10.1. The number of carbonyl (C=O) groups excluding carboxylic acids is 3. The van der Waals surface area contributed by atoms with Gasteiger partial charge in [0.2, 0.25) is 5.91 Å². The Hall–Kier alpha value is -5.80. The van der Waals surface area contributed by atoms with E-state index in [1.54, 1.807) is 93.1 Å². The normalized spacial score (nSPS) is 11.6. The summed E-state index contributed by atoms with van der Waals surface area (Å²) < 4.78 is 10.7. The Morgan fingerprint density at radius 3 is 2.15 bits per heavy atom. The summed E-state index contributed by atoms with van der Waals surface area (Å²) in [5.41, 5.74) is 2.99. The largest absolute Gasteiger partial charge is 0.497 e. The number of anilines is 2. The smallest absolute Gasteiger partial charge is 0.272 e. The summed E-state index contributed by atoms with van der Waals surface area (Å²) in [5, 5.41) is 8.04. The summed E-state index contributed by atoms with van der Waals surface area (Å²) in [6.07, 6.45) is 1.59. The van der Waals surface area contributed by atoms with Crippen molar-refractivity contribution in [2.75, 3.05) is 24.9 Å². The number of thioether (sulfide) groups is 1. The van der Waals surface area contributed by atoms with E-state index in [0.29, 0.717) is 34.0 Å². The molecular formula is C38H33N3O5S. The van der Waals surface area contributed by atoms with Gasteiger partial charge in [0.05, 0.1) is 19.9 Å². The van der Waals surface area contributed by atoms with E-state index in [1.165, 1.54) is 11.8 Å². The lowest BCUT2D eigenvalue weighted by molar-refractivity contribution is -0.116. The summed E-state index contributed by atoms with van der Waals surface area (Å²) in [6, 6.07) is 39.7. The van der Waals surface area contributed by atoms with Crippen molar-refractivity contribution in [1.82, 2.24) is 5.32 Å². The molecule has 0 aliphatic carbocycles. The Morgan fingerprint density at radius 1 is 0.702 bits per heavy atom. The third-order valence-electron chi connectivity index (χ3n) is 6.98. The van der Waals surface area contributed by atoms with Gasteiger partial charge in [-0.2, -0.15) is 0 Å². The molecule has 236 valence electrons. The molecule has 5 aromatic carbocycles. The van der Waals surface area contributed by atoms with Crippen LogP contribution in [-0.4, -0.2) is 31.9 Å². The van der Waals surface area contributed by atoms with Gasteiger partial charge in [0.1, 0.15) is 22.4 Å². The van der Waals surface area contributed by atoms with Crippen molar-refractivity contribution in [3.8, 4) is 11.5 Å². The van der Waals surface area contributed by atoms with Crippen molar-refractivity contribution < 1.29 is 23.9 Å². The Bertz CT molecular complexity index is 1880. The van der Waals surface area contributed by atoms with E-state index >= 15 is 0 Å². The fourth-order valence-electron chi connectivity index (χ4n) is 4.67. The average Bonchev–Trinajstić information content (AvgIpc) is 3.11. The molecule has 0 radical (unpaired) electrons. The molecule has 5 aromatic rings. The van der Waals surface area contributed by atoms with Gasteiger partial charge in [0, 0.05) is 16.1 Å². The Morgan fingerprint density at radius 2 is 1.40 bits per heavy atom. The number of benzene rings is 5. The molecule has 3 N–H and O–H groups in total. The first-order valence-corrected chi connectivity index (χ1v) is 15.6. The molecule has 0 aromatic heterocycles. The highest BCUT2D eigenvalue weighted by atomic mass is 32.2. The lowest BCUT2D eigenvalue weighted by Gasteiger charge is -2.19. The first-order valence-electron chi connectivity index (χ1n) is 14.7. The number of carbonyl (C=O) groups is 3. The molecule has 3 amide bonds. The molecule has 1 unspecified atom stereocenters. The molecule has 0 fully saturated rings. The number of rotatable bonds is 12. The van der Waals surface area contributed by atoms with Crippen molar-refractivity contribution in [3.63, 3.8) is 0 Å². The van der Waals surface area contributed by atoms with E-state index in [0.717, 1.165) is 10.5 Å².